The number of benzene rings is 1. The van der Waals surface area contributed by atoms with E-state index in [0.717, 1.165) is 30.8 Å². The van der Waals surface area contributed by atoms with Gasteiger partial charge >= 0.3 is 0 Å². The summed E-state index contributed by atoms with van der Waals surface area (Å²) in [5.41, 5.74) is 0. The largest absolute Gasteiger partial charge is 0.490 e. The number of aliphatic hydroxyl groups excluding tert-OH is 1. The van der Waals surface area contributed by atoms with Crippen molar-refractivity contribution >= 4 is 0 Å². The maximum atomic E-state index is 9.71. The molecule has 1 aromatic rings. The van der Waals surface area contributed by atoms with E-state index in [1.54, 1.807) is 0 Å². The van der Waals surface area contributed by atoms with E-state index in [1.165, 1.54) is 0 Å². The number of para-hydroxylation sites is 2. The van der Waals surface area contributed by atoms with Gasteiger partial charge in [-0.15, -0.1) is 0 Å². The standard InChI is InChI=1S/C13H18O3/c1-2-15-12-7-3-4-8-13(12)16-11-9-5-6-10(11)14/h3-4,7-8,10-11,14H,2,5-6,9H2,1H3/t10-,11-/m1/s1. The Kier molecular flexibility index (Phi) is 3.67. The zero-order chi connectivity index (χ0) is 11.4. The molecule has 3 nitrogen and oxygen atoms in total. The molecule has 0 amide bonds. The molecule has 16 heavy (non-hydrogen) atoms. The van der Waals surface area contributed by atoms with Gasteiger partial charge in [-0.05, 0) is 38.3 Å². The van der Waals surface area contributed by atoms with Gasteiger partial charge in [-0.1, -0.05) is 12.1 Å². The molecule has 0 spiro atoms. The van der Waals surface area contributed by atoms with Crippen molar-refractivity contribution in [2.24, 2.45) is 0 Å². The van der Waals surface area contributed by atoms with Gasteiger partial charge in [0.2, 0.25) is 0 Å². The van der Waals surface area contributed by atoms with Crippen LogP contribution < -0.4 is 9.47 Å². The summed E-state index contributed by atoms with van der Waals surface area (Å²) in [5, 5.41) is 9.71. The molecule has 0 unspecified atom stereocenters. The minimum Gasteiger partial charge on any atom is -0.490 e. The zero-order valence-corrected chi connectivity index (χ0v) is 9.56. The Balaban J connectivity index is 2.07. The summed E-state index contributed by atoms with van der Waals surface area (Å²) in [6, 6.07) is 7.61. The highest BCUT2D eigenvalue weighted by molar-refractivity contribution is 5.39. The fourth-order valence-electron chi connectivity index (χ4n) is 2.03. The molecule has 0 bridgehead atoms. The van der Waals surface area contributed by atoms with Crippen molar-refractivity contribution in [3.8, 4) is 11.5 Å². The van der Waals surface area contributed by atoms with Gasteiger partial charge in [0.15, 0.2) is 11.5 Å². The van der Waals surface area contributed by atoms with Gasteiger partial charge in [0.05, 0.1) is 12.7 Å². The summed E-state index contributed by atoms with van der Waals surface area (Å²) in [6.07, 6.45) is 2.36. The quantitative estimate of drug-likeness (QED) is 0.850. The Morgan fingerprint density at radius 3 is 2.62 bits per heavy atom. The predicted octanol–water partition coefficient (Wildman–Crippen LogP) is 2.38. The van der Waals surface area contributed by atoms with Crippen LogP contribution in [0, 0.1) is 0 Å². The third-order valence-corrected chi connectivity index (χ3v) is 2.85. The minimum atomic E-state index is -0.338. The average molecular weight is 222 g/mol. The van der Waals surface area contributed by atoms with Crippen LogP contribution in [0.4, 0.5) is 0 Å². The molecule has 88 valence electrons. The second kappa shape index (κ2) is 5.21. The van der Waals surface area contributed by atoms with Crippen molar-refractivity contribution in [2.75, 3.05) is 6.61 Å². The molecule has 1 fully saturated rings. The van der Waals surface area contributed by atoms with E-state index in [0.29, 0.717) is 6.61 Å². The molecule has 0 aromatic heterocycles. The second-order valence-corrected chi connectivity index (χ2v) is 4.03. The maximum Gasteiger partial charge on any atom is 0.161 e. The van der Waals surface area contributed by atoms with Gasteiger partial charge in [-0.3, -0.25) is 0 Å². The minimum absolute atomic E-state index is 0.0818. The number of ether oxygens (including phenoxy) is 2. The van der Waals surface area contributed by atoms with Crippen molar-refractivity contribution in [1.82, 2.24) is 0 Å². The van der Waals surface area contributed by atoms with Gasteiger partial charge in [-0.25, -0.2) is 0 Å². The van der Waals surface area contributed by atoms with Crippen molar-refractivity contribution in [3.05, 3.63) is 24.3 Å². The van der Waals surface area contributed by atoms with Crippen molar-refractivity contribution in [1.29, 1.82) is 0 Å². The summed E-state index contributed by atoms with van der Waals surface area (Å²) in [6.45, 7) is 2.56. The highest BCUT2D eigenvalue weighted by atomic mass is 16.5. The number of rotatable bonds is 4. The first-order valence-corrected chi connectivity index (χ1v) is 5.88. The SMILES string of the molecule is CCOc1ccccc1O[C@@H]1CCC[C@H]1O. The Labute approximate surface area is 96.0 Å². The van der Waals surface area contributed by atoms with E-state index in [1.807, 2.05) is 31.2 Å². The van der Waals surface area contributed by atoms with E-state index in [4.69, 9.17) is 9.47 Å². The molecular weight excluding hydrogens is 204 g/mol. The third-order valence-electron chi connectivity index (χ3n) is 2.85. The molecule has 0 heterocycles. The fourth-order valence-corrected chi connectivity index (χ4v) is 2.03. The lowest BCUT2D eigenvalue weighted by molar-refractivity contribution is 0.0582. The Morgan fingerprint density at radius 2 is 2.00 bits per heavy atom. The Hall–Kier alpha value is -1.22. The lowest BCUT2D eigenvalue weighted by atomic mass is 10.2. The van der Waals surface area contributed by atoms with Crippen LogP contribution in [0.3, 0.4) is 0 Å². The van der Waals surface area contributed by atoms with Gasteiger partial charge in [0.1, 0.15) is 6.10 Å². The fraction of sp³-hybridized carbons (Fsp3) is 0.538. The van der Waals surface area contributed by atoms with Crippen LogP contribution in [0.5, 0.6) is 11.5 Å². The highest BCUT2D eigenvalue weighted by Crippen LogP contribution is 2.31. The summed E-state index contributed by atoms with van der Waals surface area (Å²) < 4.78 is 11.3. The molecule has 0 radical (unpaired) electrons. The Bertz CT molecular complexity index is 338. The molecule has 1 saturated carbocycles. The predicted molar refractivity (Wildman–Crippen MR) is 61.9 cm³/mol. The van der Waals surface area contributed by atoms with Crippen LogP contribution in [0.15, 0.2) is 24.3 Å². The van der Waals surface area contributed by atoms with Gasteiger partial charge in [0.25, 0.3) is 0 Å². The molecule has 1 N–H and O–H groups in total. The molecule has 1 aliphatic rings. The lowest BCUT2D eigenvalue weighted by Crippen LogP contribution is -2.25. The van der Waals surface area contributed by atoms with Gasteiger partial charge in [-0.2, -0.15) is 0 Å². The molecular formula is C13H18O3. The Morgan fingerprint density at radius 1 is 1.25 bits per heavy atom. The van der Waals surface area contributed by atoms with Crippen molar-refractivity contribution < 1.29 is 14.6 Å². The summed E-state index contributed by atoms with van der Waals surface area (Å²) in [5.74, 6) is 1.49. The molecule has 0 aliphatic heterocycles. The molecule has 1 aromatic carbocycles. The average Bonchev–Trinajstić information content (AvgIpc) is 2.68. The molecule has 0 saturated heterocycles. The van der Waals surface area contributed by atoms with E-state index in [9.17, 15) is 5.11 Å². The van der Waals surface area contributed by atoms with Gasteiger partial charge in [0, 0.05) is 0 Å². The smallest absolute Gasteiger partial charge is 0.161 e. The van der Waals surface area contributed by atoms with Gasteiger partial charge < -0.3 is 14.6 Å². The van der Waals surface area contributed by atoms with Crippen LogP contribution in [-0.4, -0.2) is 23.9 Å². The normalized spacial score (nSPS) is 24.4. The molecule has 3 heteroatoms. The second-order valence-electron chi connectivity index (χ2n) is 4.03. The van der Waals surface area contributed by atoms with E-state index >= 15 is 0 Å². The molecule has 2 atom stereocenters. The summed E-state index contributed by atoms with van der Waals surface area (Å²) in [7, 11) is 0. The van der Waals surface area contributed by atoms with Crippen molar-refractivity contribution in [3.63, 3.8) is 0 Å². The van der Waals surface area contributed by atoms with E-state index < -0.39 is 0 Å². The van der Waals surface area contributed by atoms with E-state index in [2.05, 4.69) is 0 Å². The first kappa shape index (κ1) is 11.3. The zero-order valence-electron chi connectivity index (χ0n) is 9.56. The monoisotopic (exact) mass is 222 g/mol. The number of hydrogen-bond acceptors (Lipinski definition) is 3. The molecule has 1 aliphatic carbocycles. The van der Waals surface area contributed by atoms with Crippen LogP contribution in [0.1, 0.15) is 26.2 Å². The van der Waals surface area contributed by atoms with Crippen LogP contribution in [0.2, 0.25) is 0 Å². The number of hydrogen-bond donors (Lipinski definition) is 1. The van der Waals surface area contributed by atoms with E-state index in [-0.39, 0.29) is 12.2 Å². The molecule has 2 rings (SSSR count). The summed E-state index contributed by atoms with van der Waals surface area (Å²) >= 11 is 0. The third kappa shape index (κ3) is 2.47. The van der Waals surface area contributed by atoms with Crippen LogP contribution in [0.25, 0.3) is 0 Å². The first-order valence-electron chi connectivity index (χ1n) is 5.88. The first-order chi connectivity index (χ1) is 7.81. The lowest BCUT2D eigenvalue weighted by Gasteiger charge is -2.19. The highest BCUT2D eigenvalue weighted by Gasteiger charge is 2.27. The van der Waals surface area contributed by atoms with Crippen molar-refractivity contribution in [2.45, 2.75) is 38.4 Å². The number of aliphatic hydroxyl groups is 1. The topological polar surface area (TPSA) is 38.7 Å². The van der Waals surface area contributed by atoms with Crippen LogP contribution in [-0.2, 0) is 0 Å². The summed E-state index contributed by atoms with van der Waals surface area (Å²) in [4.78, 5) is 0. The van der Waals surface area contributed by atoms with Crippen LogP contribution >= 0.6 is 0 Å². The maximum absolute atomic E-state index is 9.71.